The molecule has 5 heteroatoms. The van der Waals surface area contributed by atoms with Crippen LogP contribution in [0.2, 0.25) is 0 Å². The summed E-state index contributed by atoms with van der Waals surface area (Å²) in [6, 6.07) is 5.35. The van der Waals surface area contributed by atoms with Gasteiger partial charge in [0, 0.05) is 0 Å². The maximum absolute atomic E-state index is 11.8. The standard InChI is InChI=1S/C14H22N2O3/c1-5-8-16-14(2,13(15)17)10-6-7-11(18-3)12(9-10)19-4/h6-7,9,16H,5,8H2,1-4H3,(H2,15,17). The number of methoxy groups -OCH3 is 2. The molecule has 1 rings (SSSR count). The van der Waals surface area contributed by atoms with Crippen LogP contribution < -0.4 is 20.5 Å². The van der Waals surface area contributed by atoms with Crippen LogP contribution in [0.3, 0.4) is 0 Å². The van der Waals surface area contributed by atoms with E-state index < -0.39 is 11.4 Å². The molecule has 1 aromatic rings. The summed E-state index contributed by atoms with van der Waals surface area (Å²) in [5, 5.41) is 3.18. The van der Waals surface area contributed by atoms with Crippen LogP contribution in [0.15, 0.2) is 18.2 Å². The molecule has 0 fully saturated rings. The van der Waals surface area contributed by atoms with Crippen LogP contribution in [0.5, 0.6) is 11.5 Å². The maximum atomic E-state index is 11.8. The molecule has 0 spiro atoms. The van der Waals surface area contributed by atoms with Crippen LogP contribution in [0, 0.1) is 0 Å². The topological polar surface area (TPSA) is 73.6 Å². The number of hydrogen-bond donors (Lipinski definition) is 2. The summed E-state index contributed by atoms with van der Waals surface area (Å²) >= 11 is 0. The number of carbonyl (C=O) groups excluding carboxylic acids is 1. The van der Waals surface area contributed by atoms with Crippen molar-refractivity contribution in [1.82, 2.24) is 5.32 Å². The summed E-state index contributed by atoms with van der Waals surface area (Å²) in [5.41, 5.74) is 5.37. The minimum absolute atomic E-state index is 0.423. The van der Waals surface area contributed by atoms with Gasteiger partial charge in [-0.25, -0.2) is 0 Å². The fourth-order valence-corrected chi connectivity index (χ4v) is 1.85. The van der Waals surface area contributed by atoms with Crippen LogP contribution in [0.4, 0.5) is 0 Å². The second-order valence-corrected chi connectivity index (χ2v) is 4.49. The lowest BCUT2D eigenvalue weighted by molar-refractivity contribution is -0.124. The fraction of sp³-hybridized carbons (Fsp3) is 0.500. The summed E-state index contributed by atoms with van der Waals surface area (Å²) in [6.45, 7) is 4.50. The molecule has 0 heterocycles. The molecule has 0 aliphatic heterocycles. The molecule has 0 saturated heterocycles. The molecule has 3 N–H and O–H groups in total. The number of nitrogens with one attached hydrogen (secondary N) is 1. The molecule has 1 atom stereocenters. The predicted molar refractivity (Wildman–Crippen MR) is 74.4 cm³/mol. The second kappa shape index (κ2) is 6.43. The fourth-order valence-electron chi connectivity index (χ4n) is 1.85. The maximum Gasteiger partial charge on any atom is 0.242 e. The van der Waals surface area contributed by atoms with E-state index in [4.69, 9.17) is 15.2 Å². The number of ether oxygens (including phenoxy) is 2. The van der Waals surface area contributed by atoms with Gasteiger partial charge in [-0.05, 0) is 37.6 Å². The summed E-state index contributed by atoms with van der Waals surface area (Å²) < 4.78 is 10.4. The third-order valence-corrected chi connectivity index (χ3v) is 3.18. The lowest BCUT2D eigenvalue weighted by atomic mass is 9.90. The van der Waals surface area contributed by atoms with Crippen LogP contribution in [0.25, 0.3) is 0 Å². The Labute approximate surface area is 114 Å². The van der Waals surface area contributed by atoms with Crippen molar-refractivity contribution in [3.8, 4) is 11.5 Å². The molecule has 1 unspecified atom stereocenters. The Balaban J connectivity index is 3.20. The van der Waals surface area contributed by atoms with E-state index in [1.54, 1.807) is 33.3 Å². The van der Waals surface area contributed by atoms with E-state index in [9.17, 15) is 4.79 Å². The first-order valence-corrected chi connectivity index (χ1v) is 6.27. The number of primary amides is 1. The van der Waals surface area contributed by atoms with Gasteiger partial charge in [-0.1, -0.05) is 13.0 Å². The van der Waals surface area contributed by atoms with Crippen molar-refractivity contribution in [2.75, 3.05) is 20.8 Å². The molecule has 1 amide bonds. The first-order valence-electron chi connectivity index (χ1n) is 6.27. The van der Waals surface area contributed by atoms with Crippen LogP contribution in [0.1, 0.15) is 25.8 Å². The molecule has 0 bridgehead atoms. The Kier molecular flexibility index (Phi) is 5.18. The highest BCUT2D eigenvalue weighted by atomic mass is 16.5. The Morgan fingerprint density at radius 3 is 2.42 bits per heavy atom. The molecule has 0 radical (unpaired) electrons. The molecule has 0 aromatic heterocycles. The van der Waals surface area contributed by atoms with Crippen molar-refractivity contribution in [3.63, 3.8) is 0 Å². The smallest absolute Gasteiger partial charge is 0.242 e. The van der Waals surface area contributed by atoms with Gasteiger partial charge in [0.15, 0.2) is 11.5 Å². The molecule has 1 aromatic carbocycles. The highest BCUT2D eigenvalue weighted by molar-refractivity contribution is 5.86. The molecular weight excluding hydrogens is 244 g/mol. The Morgan fingerprint density at radius 1 is 1.32 bits per heavy atom. The zero-order chi connectivity index (χ0) is 14.5. The van der Waals surface area contributed by atoms with E-state index in [0.29, 0.717) is 18.0 Å². The van der Waals surface area contributed by atoms with Crippen LogP contribution in [-0.4, -0.2) is 26.7 Å². The average Bonchev–Trinajstić information content (AvgIpc) is 2.43. The van der Waals surface area contributed by atoms with Gasteiger partial charge in [-0.2, -0.15) is 0 Å². The summed E-state index contributed by atoms with van der Waals surface area (Å²) in [5.74, 6) is 0.771. The average molecular weight is 266 g/mol. The van der Waals surface area contributed by atoms with Crippen LogP contribution in [-0.2, 0) is 10.3 Å². The van der Waals surface area contributed by atoms with E-state index in [1.165, 1.54) is 0 Å². The summed E-state index contributed by atoms with van der Waals surface area (Å²) in [4.78, 5) is 11.8. The molecule has 19 heavy (non-hydrogen) atoms. The van der Waals surface area contributed by atoms with E-state index in [1.807, 2.05) is 13.0 Å². The van der Waals surface area contributed by atoms with Gasteiger partial charge < -0.3 is 15.2 Å². The minimum Gasteiger partial charge on any atom is -0.493 e. The zero-order valence-corrected chi connectivity index (χ0v) is 11.9. The van der Waals surface area contributed by atoms with E-state index >= 15 is 0 Å². The first-order chi connectivity index (χ1) is 8.99. The molecule has 0 aliphatic carbocycles. The van der Waals surface area contributed by atoms with Crippen LogP contribution >= 0.6 is 0 Å². The number of amides is 1. The minimum atomic E-state index is -0.921. The van der Waals surface area contributed by atoms with Gasteiger partial charge in [-0.3, -0.25) is 10.1 Å². The van der Waals surface area contributed by atoms with Crippen molar-refractivity contribution < 1.29 is 14.3 Å². The Morgan fingerprint density at radius 2 is 1.95 bits per heavy atom. The van der Waals surface area contributed by atoms with Gasteiger partial charge in [-0.15, -0.1) is 0 Å². The van der Waals surface area contributed by atoms with Crippen molar-refractivity contribution in [3.05, 3.63) is 23.8 Å². The van der Waals surface area contributed by atoms with E-state index in [0.717, 1.165) is 12.0 Å². The highest BCUT2D eigenvalue weighted by Crippen LogP contribution is 2.32. The molecule has 0 saturated carbocycles. The monoisotopic (exact) mass is 266 g/mol. The van der Waals surface area contributed by atoms with Gasteiger partial charge >= 0.3 is 0 Å². The number of rotatable bonds is 7. The third kappa shape index (κ3) is 3.17. The third-order valence-electron chi connectivity index (χ3n) is 3.18. The van der Waals surface area contributed by atoms with Crippen molar-refractivity contribution in [2.45, 2.75) is 25.8 Å². The number of carbonyl (C=O) groups is 1. The zero-order valence-electron chi connectivity index (χ0n) is 11.9. The lowest BCUT2D eigenvalue weighted by Crippen LogP contribution is -2.50. The lowest BCUT2D eigenvalue weighted by Gasteiger charge is -2.28. The summed E-state index contributed by atoms with van der Waals surface area (Å²) in [6.07, 6.45) is 0.913. The summed E-state index contributed by atoms with van der Waals surface area (Å²) in [7, 11) is 3.13. The predicted octanol–water partition coefficient (Wildman–Crippen LogP) is 1.40. The van der Waals surface area contributed by atoms with Gasteiger partial charge in [0.1, 0.15) is 5.54 Å². The number of hydrogen-bond acceptors (Lipinski definition) is 4. The Hall–Kier alpha value is -1.75. The number of nitrogens with two attached hydrogens (primary N) is 1. The second-order valence-electron chi connectivity index (χ2n) is 4.49. The van der Waals surface area contributed by atoms with E-state index in [-0.39, 0.29) is 0 Å². The molecule has 106 valence electrons. The molecule has 0 aliphatic rings. The van der Waals surface area contributed by atoms with Crippen molar-refractivity contribution in [2.24, 2.45) is 5.73 Å². The highest BCUT2D eigenvalue weighted by Gasteiger charge is 2.33. The van der Waals surface area contributed by atoms with Crippen molar-refractivity contribution in [1.29, 1.82) is 0 Å². The van der Waals surface area contributed by atoms with Gasteiger partial charge in [0.25, 0.3) is 0 Å². The molecular formula is C14H22N2O3. The Bertz CT molecular complexity index is 448. The quantitative estimate of drug-likeness (QED) is 0.782. The van der Waals surface area contributed by atoms with Gasteiger partial charge in [0.05, 0.1) is 14.2 Å². The SMILES string of the molecule is CCCNC(C)(C(N)=O)c1ccc(OC)c(OC)c1. The number of benzene rings is 1. The normalized spacial score (nSPS) is 13.7. The largest absolute Gasteiger partial charge is 0.493 e. The molecule has 5 nitrogen and oxygen atoms in total. The van der Waals surface area contributed by atoms with Crippen molar-refractivity contribution >= 4 is 5.91 Å². The first kappa shape index (κ1) is 15.3. The van der Waals surface area contributed by atoms with Gasteiger partial charge in [0.2, 0.25) is 5.91 Å². The van der Waals surface area contributed by atoms with E-state index in [2.05, 4.69) is 5.32 Å².